The standard InChI is InChI=1S/C37H71NO7/c1-6-8-10-12-13-14-15-16-17-18-19-20-21-22-23-24-26-28-36(40)45-33(32-44-35(39)27-25-11-9-7-2)31-43-30-29-34(37(41)42)38(3,4)5/h33-34H,6-32H2,1-5H3. The minimum absolute atomic E-state index is 0.0464. The number of likely N-dealkylation sites (N-methyl/N-ethyl adjacent to an activating group) is 1. The Balaban J connectivity index is 4.18. The second-order valence-corrected chi connectivity index (χ2v) is 13.8. The number of hydrogen-bond acceptors (Lipinski definition) is 7. The lowest BCUT2D eigenvalue weighted by Crippen LogP contribution is -2.55. The number of carbonyl (C=O) groups is 3. The van der Waals surface area contributed by atoms with Gasteiger partial charge >= 0.3 is 11.9 Å². The number of esters is 2. The fraction of sp³-hybridized carbons (Fsp3) is 0.919. The van der Waals surface area contributed by atoms with E-state index in [1.54, 1.807) is 21.1 Å². The van der Waals surface area contributed by atoms with E-state index in [2.05, 4.69) is 13.8 Å². The highest BCUT2D eigenvalue weighted by Gasteiger charge is 2.25. The molecule has 0 saturated carbocycles. The molecule has 0 amide bonds. The minimum atomic E-state index is -1.12. The van der Waals surface area contributed by atoms with Gasteiger partial charge in [-0.3, -0.25) is 9.59 Å². The summed E-state index contributed by atoms with van der Waals surface area (Å²) in [6.45, 7) is 4.55. The van der Waals surface area contributed by atoms with Gasteiger partial charge in [0.25, 0.3) is 0 Å². The average molecular weight is 642 g/mol. The van der Waals surface area contributed by atoms with Crippen LogP contribution in [0.5, 0.6) is 0 Å². The Hall–Kier alpha value is -1.67. The van der Waals surface area contributed by atoms with E-state index < -0.39 is 18.1 Å². The molecule has 45 heavy (non-hydrogen) atoms. The molecule has 0 fully saturated rings. The fourth-order valence-corrected chi connectivity index (χ4v) is 5.54. The molecule has 0 aromatic carbocycles. The van der Waals surface area contributed by atoms with Gasteiger partial charge < -0.3 is 28.6 Å². The van der Waals surface area contributed by atoms with E-state index in [9.17, 15) is 19.5 Å². The van der Waals surface area contributed by atoms with Gasteiger partial charge in [-0.15, -0.1) is 0 Å². The Kier molecular flexibility index (Phi) is 28.6. The number of unbranched alkanes of at least 4 members (excludes halogenated alkanes) is 19. The lowest BCUT2D eigenvalue weighted by atomic mass is 10.0. The Morgan fingerprint density at radius 3 is 1.40 bits per heavy atom. The maximum absolute atomic E-state index is 12.6. The number of carbonyl (C=O) groups excluding carboxylic acids is 3. The smallest absolute Gasteiger partial charge is 0.306 e. The quantitative estimate of drug-likeness (QED) is 0.0411. The van der Waals surface area contributed by atoms with Crippen LogP contribution < -0.4 is 5.11 Å². The number of aliphatic carboxylic acids is 1. The van der Waals surface area contributed by atoms with Crippen LogP contribution in [-0.4, -0.2) is 75.5 Å². The van der Waals surface area contributed by atoms with Crippen molar-refractivity contribution < 1.29 is 38.2 Å². The molecule has 0 bridgehead atoms. The van der Waals surface area contributed by atoms with Gasteiger partial charge in [0.1, 0.15) is 12.6 Å². The topological polar surface area (TPSA) is 102 Å². The van der Waals surface area contributed by atoms with E-state index in [0.29, 0.717) is 12.8 Å². The Morgan fingerprint density at radius 2 is 0.978 bits per heavy atom. The summed E-state index contributed by atoms with van der Waals surface area (Å²) < 4.78 is 16.9. The number of carboxylic acids is 1. The van der Waals surface area contributed by atoms with Crippen LogP contribution in [0, 0.1) is 0 Å². The summed E-state index contributed by atoms with van der Waals surface area (Å²) in [7, 11) is 5.39. The number of hydrogen-bond donors (Lipinski definition) is 0. The molecule has 2 atom stereocenters. The fourth-order valence-electron chi connectivity index (χ4n) is 5.54. The second kappa shape index (κ2) is 29.7. The third kappa shape index (κ3) is 28.3. The maximum Gasteiger partial charge on any atom is 0.306 e. The first-order valence-electron chi connectivity index (χ1n) is 18.6. The molecule has 0 spiro atoms. The third-order valence-electron chi connectivity index (χ3n) is 8.49. The first-order valence-corrected chi connectivity index (χ1v) is 18.6. The lowest BCUT2D eigenvalue weighted by Gasteiger charge is -2.34. The van der Waals surface area contributed by atoms with Gasteiger partial charge in [-0.2, -0.15) is 0 Å². The van der Waals surface area contributed by atoms with Gasteiger partial charge in [-0.05, 0) is 12.8 Å². The van der Waals surface area contributed by atoms with Crippen molar-refractivity contribution in [2.75, 3.05) is 41.0 Å². The molecule has 0 aromatic heterocycles. The molecule has 0 heterocycles. The van der Waals surface area contributed by atoms with Crippen LogP contribution in [0.15, 0.2) is 0 Å². The van der Waals surface area contributed by atoms with Gasteiger partial charge in [0.15, 0.2) is 6.10 Å². The molecule has 0 aliphatic rings. The van der Waals surface area contributed by atoms with Gasteiger partial charge in [-0.25, -0.2) is 0 Å². The van der Waals surface area contributed by atoms with Crippen molar-refractivity contribution in [3.8, 4) is 0 Å². The molecule has 0 rings (SSSR count). The summed E-state index contributed by atoms with van der Waals surface area (Å²) in [5.41, 5.74) is 0. The number of ether oxygens (including phenoxy) is 3. The predicted octanol–water partition coefficient (Wildman–Crippen LogP) is 7.68. The highest BCUT2D eigenvalue weighted by molar-refractivity contribution is 5.70. The molecule has 266 valence electrons. The first kappa shape index (κ1) is 43.3. The van der Waals surface area contributed by atoms with Gasteiger partial charge in [0, 0.05) is 19.3 Å². The van der Waals surface area contributed by atoms with Crippen LogP contribution in [0.3, 0.4) is 0 Å². The SMILES string of the molecule is CCCCCCCCCCCCCCCCCCCC(=O)OC(COCCC(C(=O)[O-])[N+](C)(C)C)COC(=O)CCCCCC. The van der Waals surface area contributed by atoms with Crippen LogP contribution in [0.1, 0.15) is 168 Å². The van der Waals surface area contributed by atoms with Crippen LogP contribution in [0.25, 0.3) is 0 Å². The van der Waals surface area contributed by atoms with Crippen LogP contribution in [0.2, 0.25) is 0 Å². The van der Waals surface area contributed by atoms with Crippen molar-refractivity contribution in [2.45, 2.75) is 180 Å². The predicted molar refractivity (Wildman–Crippen MR) is 181 cm³/mol. The van der Waals surface area contributed by atoms with Gasteiger partial charge in [0.2, 0.25) is 0 Å². The molecule has 0 aliphatic carbocycles. The second-order valence-electron chi connectivity index (χ2n) is 13.8. The van der Waals surface area contributed by atoms with Gasteiger partial charge in [0.05, 0.1) is 40.3 Å². The first-order chi connectivity index (χ1) is 21.6. The summed E-state index contributed by atoms with van der Waals surface area (Å²) in [5, 5.41) is 11.5. The summed E-state index contributed by atoms with van der Waals surface area (Å²) in [5.74, 6) is -1.75. The molecular weight excluding hydrogens is 570 g/mol. The van der Waals surface area contributed by atoms with Crippen LogP contribution in [-0.2, 0) is 28.6 Å². The molecule has 0 N–H and O–H groups in total. The highest BCUT2D eigenvalue weighted by Crippen LogP contribution is 2.15. The largest absolute Gasteiger partial charge is 0.544 e. The highest BCUT2D eigenvalue weighted by atomic mass is 16.6. The van der Waals surface area contributed by atoms with Crippen molar-refractivity contribution >= 4 is 17.9 Å². The molecule has 0 aromatic rings. The van der Waals surface area contributed by atoms with Crippen molar-refractivity contribution in [3.63, 3.8) is 0 Å². The van der Waals surface area contributed by atoms with E-state index in [4.69, 9.17) is 14.2 Å². The number of quaternary nitrogens is 1. The zero-order valence-corrected chi connectivity index (χ0v) is 30.1. The monoisotopic (exact) mass is 642 g/mol. The molecular formula is C37H71NO7. The van der Waals surface area contributed by atoms with Crippen LogP contribution >= 0.6 is 0 Å². The Morgan fingerprint density at radius 1 is 0.578 bits per heavy atom. The molecule has 8 heteroatoms. The number of carboxylic acid groups (broad SMARTS) is 1. The zero-order chi connectivity index (χ0) is 33.6. The minimum Gasteiger partial charge on any atom is -0.544 e. The van der Waals surface area contributed by atoms with E-state index in [1.165, 1.54) is 89.9 Å². The molecule has 8 nitrogen and oxygen atoms in total. The van der Waals surface area contributed by atoms with E-state index in [-0.39, 0.29) is 42.7 Å². The average Bonchev–Trinajstić information content (AvgIpc) is 2.98. The van der Waals surface area contributed by atoms with E-state index in [0.717, 1.165) is 44.9 Å². The van der Waals surface area contributed by atoms with Crippen LogP contribution in [0.4, 0.5) is 0 Å². The number of nitrogens with zero attached hydrogens (tertiary/aromatic N) is 1. The summed E-state index contributed by atoms with van der Waals surface area (Å²) in [6.07, 6.45) is 26.0. The maximum atomic E-state index is 12.6. The van der Waals surface area contributed by atoms with Crippen molar-refractivity contribution in [1.29, 1.82) is 0 Å². The van der Waals surface area contributed by atoms with Gasteiger partial charge in [-0.1, -0.05) is 136 Å². The summed E-state index contributed by atoms with van der Waals surface area (Å²) in [6, 6.07) is -0.716. The van der Waals surface area contributed by atoms with E-state index >= 15 is 0 Å². The molecule has 2 unspecified atom stereocenters. The van der Waals surface area contributed by atoms with Crippen molar-refractivity contribution in [3.05, 3.63) is 0 Å². The van der Waals surface area contributed by atoms with Crippen molar-refractivity contribution in [1.82, 2.24) is 0 Å². The van der Waals surface area contributed by atoms with Crippen molar-refractivity contribution in [2.24, 2.45) is 0 Å². The lowest BCUT2D eigenvalue weighted by molar-refractivity contribution is -0.889. The molecule has 0 aliphatic heterocycles. The Bertz CT molecular complexity index is 722. The normalized spacial score (nSPS) is 13.0. The number of rotatable bonds is 33. The summed E-state index contributed by atoms with van der Waals surface area (Å²) in [4.78, 5) is 36.2. The molecule has 0 saturated heterocycles. The molecule has 0 radical (unpaired) electrons. The van der Waals surface area contributed by atoms with E-state index in [1.807, 2.05) is 0 Å². The zero-order valence-electron chi connectivity index (χ0n) is 30.1. The Labute approximate surface area is 276 Å². The third-order valence-corrected chi connectivity index (χ3v) is 8.49. The summed E-state index contributed by atoms with van der Waals surface area (Å²) >= 11 is 0.